The molecule has 0 aliphatic carbocycles. The van der Waals surface area contributed by atoms with Crippen molar-refractivity contribution in [2.75, 3.05) is 12.8 Å². The third kappa shape index (κ3) is 7.00. The van der Waals surface area contributed by atoms with Crippen LogP contribution in [0.2, 0.25) is 10.0 Å². The molecule has 0 N–H and O–H groups in total. The lowest BCUT2D eigenvalue weighted by molar-refractivity contribution is 0.0735. The molecule has 0 saturated heterocycles. The first-order valence-electron chi connectivity index (χ1n) is 8.78. The molecule has 2 aromatic rings. The second kappa shape index (κ2) is 9.63. The molecule has 0 fully saturated rings. The molecule has 0 aliphatic rings. The molecule has 0 bridgehead atoms. The number of rotatable bonds is 8. The largest absolute Gasteiger partial charge is 0.383 e. The van der Waals surface area contributed by atoms with Gasteiger partial charge < -0.3 is 9.08 Å². The second-order valence-corrected chi connectivity index (χ2v) is 9.36. The molecule has 0 spiro atoms. The van der Waals surface area contributed by atoms with Crippen molar-refractivity contribution in [1.82, 2.24) is 4.90 Å². The van der Waals surface area contributed by atoms with Gasteiger partial charge in [-0.05, 0) is 48.2 Å². The molecule has 5 nitrogen and oxygen atoms in total. The highest BCUT2D eigenvalue weighted by molar-refractivity contribution is 7.86. The molecule has 1 amide bonds. The Morgan fingerprint density at radius 1 is 1.07 bits per heavy atom. The van der Waals surface area contributed by atoms with Crippen molar-refractivity contribution < 1.29 is 17.4 Å². The highest BCUT2D eigenvalue weighted by Gasteiger charge is 2.18. The molecule has 0 aliphatic heterocycles. The van der Waals surface area contributed by atoms with Gasteiger partial charge in [0.05, 0.1) is 16.3 Å². The van der Waals surface area contributed by atoms with Crippen molar-refractivity contribution in [1.29, 1.82) is 0 Å². The lowest BCUT2D eigenvalue weighted by Gasteiger charge is -2.24. The van der Waals surface area contributed by atoms with Crippen LogP contribution in [0.25, 0.3) is 0 Å². The number of amides is 1. The number of nitrogens with zero attached hydrogens (tertiary/aromatic N) is 1. The molecule has 0 unspecified atom stereocenters. The van der Waals surface area contributed by atoms with Gasteiger partial charge in [-0.3, -0.25) is 4.79 Å². The van der Waals surface area contributed by atoms with Gasteiger partial charge in [0.25, 0.3) is 5.91 Å². The van der Waals surface area contributed by atoms with Crippen LogP contribution in [-0.4, -0.2) is 32.0 Å². The number of hydrogen-bond donors (Lipinski definition) is 0. The van der Waals surface area contributed by atoms with E-state index in [-0.39, 0.29) is 11.7 Å². The van der Waals surface area contributed by atoms with Gasteiger partial charge >= 0.3 is 10.1 Å². The smallest absolute Gasteiger partial charge is 0.306 e. The van der Waals surface area contributed by atoms with Gasteiger partial charge in [-0.25, -0.2) is 0 Å². The maximum absolute atomic E-state index is 13.0. The minimum absolute atomic E-state index is 0.143. The molecule has 0 radical (unpaired) electrons. The lowest BCUT2D eigenvalue weighted by Crippen LogP contribution is -2.32. The number of halogens is 2. The van der Waals surface area contributed by atoms with E-state index in [9.17, 15) is 13.2 Å². The Morgan fingerprint density at radius 2 is 1.71 bits per heavy atom. The third-order valence-corrected chi connectivity index (χ3v) is 5.21. The van der Waals surface area contributed by atoms with Crippen LogP contribution in [-0.2, 0) is 16.7 Å². The number of hydrogen-bond acceptors (Lipinski definition) is 4. The number of carbonyl (C=O) groups excluding carboxylic acids is 1. The summed E-state index contributed by atoms with van der Waals surface area (Å²) in [5.74, 6) is 0.529. The van der Waals surface area contributed by atoms with E-state index < -0.39 is 10.1 Å². The monoisotopic (exact) mass is 443 g/mol. The maximum Gasteiger partial charge on any atom is 0.306 e. The van der Waals surface area contributed by atoms with E-state index in [0.717, 1.165) is 18.2 Å². The first kappa shape index (κ1) is 22.5. The van der Waals surface area contributed by atoms with Crippen LogP contribution in [0, 0.1) is 5.92 Å². The molecule has 8 heteroatoms. The first-order valence-corrected chi connectivity index (χ1v) is 11.3. The quantitative estimate of drug-likeness (QED) is 0.537. The van der Waals surface area contributed by atoms with Crippen LogP contribution in [0.3, 0.4) is 0 Å². The van der Waals surface area contributed by atoms with Crippen LogP contribution in [0.5, 0.6) is 5.75 Å². The number of benzene rings is 2. The molecule has 28 heavy (non-hydrogen) atoms. The van der Waals surface area contributed by atoms with E-state index in [4.69, 9.17) is 27.4 Å². The average molecular weight is 444 g/mol. The van der Waals surface area contributed by atoms with Crippen molar-refractivity contribution >= 4 is 39.2 Å². The summed E-state index contributed by atoms with van der Waals surface area (Å²) in [5.41, 5.74) is 1.33. The SMILES string of the molecule is CC(C)CCN(Cc1ccc(OS(C)(=O)=O)cc1)C(=O)c1ccc(Cl)c(Cl)c1. The normalized spacial score (nSPS) is 11.5. The Bertz CT molecular complexity index is 928. The van der Waals surface area contributed by atoms with E-state index in [2.05, 4.69) is 13.8 Å². The minimum Gasteiger partial charge on any atom is -0.383 e. The van der Waals surface area contributed by atoms with Gasteiger partial charge in [0.2, 0.25) is 0 Å². The van der Waals surface area contributed by atoms with E-state index in [1.807, 2.05) is 0 Å². The summed E-state index contributed by atoms with van der Waals surface area (Å²) in [5, 5.41) is 0.729. The predicted molar refractivity (Wildman–Crippen MR) is 113 cm³/mol. The van der Waals surface area contributed by atoms with Gasteiger partial charge in [-0.2, -0.15) is 8.42 Å². The van der Waals surface area contributed by atoms with Crippen molar-refractivity contribution in [3.05, 3.63) is 63.6 Å². The fourth-order valence-corrected chi connectivity index (χ4v) is 3.28. The molecule has 0 heterocycles. The summed E-state index contributed by atoms with van der Waals surface area (Å²) in [6.07, 6.45) is 1.84. The Kier molecular flexibility index (Phi) is 7.75. The zero-order valence-corrected chi connectivity index (χ0v) is 18.3. The van der Waals surface area contributed by atoms with E-state index in [1.54, 1.807) is 47.4 Å². The summed E-state index contributed by atoms with van der Waals surface area (Å²) in [7, 11) is -3.58. The molecular formula is C20H23Cl2NO4S. The van der Waals surface area contributed by atoms with Crippen LogP contribution in [0.4, 0.5) is 0 Å². The summed E-state index contributed by atoms with van der Waals surface area (Å²) < 4.78 is 27.3. The van der Waals surface area contributed by atoms with Gasteiger partial charge in [0.1, 0.15) is 5.75 Å². The van der Waals surface area contributed by atoms with Gasteiger partial charge in [-0.1, -0.05) is 49.2 Å². The average Bonchev–Trinajstić information content (AvgIpc) is 2.60. The van der Waals surface area contributed by atoms with Crippen molar-refractivity contribution in [3.8, 4) is 5.75 Å². The Morgan fingerprint density at radius 3 is 2.25 bits per heavy atom. The zero-order chi connectivity index (χ0) is 20.9. The molecule has 0 aromatic heterocycles. The summed E-state index contributed by atoms with van der Waals surface area (Å²) >= 11 is 12.0. The van der Waals surface area contributed by atoms with Crippen LogP contribution >= 0.6 is 23.2 Å². The maximum atomic E-state index is 13.0. The summed E-state index contributed by atoms with van der Waals surface area (Å²) in [4.78, 5) is 14.7. The molecule has 2 rings (SSSR count). The Balaban J connectivity index is 2.20. The Labute approximate surface area is 176 Å². The molecule has 0 saturated carbocycles. The third-order valence-electron chi connectivity index (χ3n) is 3.97. The van der Waals surface area contributed by atoms with Crippen molar-refractivity contribution in [2.24, 2.45) is 5.92 Å². The van der Waals surface area contributed by atoms with Crippen LogP contribution in [0.15, 0.2) is 42.5 Å². The van der Waals surface area contributed by atoms with Crippen LogP contribution in [0.1, 0.15) is 36.2 Å². The highest BCUT2D eigenvalue weighted by Crippen LogP contribution is 2.24. The van der Waals surface area contributed by atoms with E-state index in [1.165, 1.54) is 0 Å². The van der Waals surface area contributed by atoms with E-state index in [0.29, 0.717) is 34.6 Å². The Hall–Kier alpha value is -1.76. The minimum atomic E-state index is -3.58. The molecule has 2 aromatic carbocycles. The van der Waals surface area contributed by atoms with Gasteiger partial charge in [-0.15, -0.1) is 0 Å². The summed E-state index contributed by atoms with van der Waals surface area (Å²) in [6, 6.07) is 11.5. The fraction of sp³-hybridized carbons (Fsp3) is 0.350. The predicted octanol–water partition coefficient (Wildman–Crippen LogP) is 5.02. The fourth-order valence-electron chi connectivity index (χ4n) is 2.52. The number of carbonyl (C=O) groups is 1. The van der Waals surface area contributed by atoms with Crippen molar-refractivity contribution in [2.45, 2.75) is 26.8 Å². The molecular weight excluding hydrogens is 421 g/mol. The second-order valence-electron chi connectivity index (χ2n) is 6.97. The molecule has 0 atom stereocenters. The highest BCUT2D eigenvalue weighted by atomic mass is 35.5. The van der Waals surface area contributed by atoms with Crippen LogP contribution < -0.4 is 4.18 Å². The topological polar surface area (TPSA) is 63.7 Å². The molecule has 152 valence electrons. The zero-order valence-electron chi connectivity index (χ0n) is 16.0. The summed E-state index contributed by atoms with van der Waals surface area (Å²) in [6.45, 7) is 5.15. The van der Waals surface area contributed by atoms with Gasteiger partial charge in [0, 0.05) is 18.7 Å². The van der Waals surface area contributed by atoms with E-state index >= 15 is 0 Å². The standard InChI is InChI=1S/C20H23Cl2NO4S/c1-14(2)10-11-23(20(24)16-6-9-18(21)19(22)12-16)13-15-4-7-17(8-5-15)27-28(3,25)26/h4-9,12,14H,10-11,13H2,1-3H3. The lowest BCUT2D eigenvalue weighted by atomic mass is 10.1. The van der Waals surface area contributed by atoms with Crippen molar-refractivity contribution in [3.63, 3.8) is 0 Å². The first-order chi connectivity index (χ1) is 13.0. The van der Waals surface area contributed by atoms with Gasteiger partial charge in [0.15, 0.2) is 0 Å².